The fourth-order valence-corrected chi connectivity index (χ4v) is 3.53. The van der Waals surface area contributed by atoms with Gasteiger partial charge in [-0.05, 0) is 38.1 Å². The first-order valence-electron chi connectivity index (χ1n) is 9.50. The van der Waals surface area contributed by atoms with Crippen molar-refractivity contribution in [2.24, 2.45) is 0 Å². The van der Waals surface area contributed by atoms with E-state index in [2.05, 4.69) is 20.2 Å². The van der Waals surface area contributed by atoms with E-state index in [1.54, 1.807) is 12.1 Å². The summed E-state index contributed by atoms with van der Waals surface area (Å²) >= 11 is 5.92. The second-order valence-electron chi connectivity index (χ2n) is 7.16. The van der Waals surface area contributed by atoms with E-state index >= 15 is 0 Å². The Kier molecular flexibility index (Phi) is 5.64. The van der Waals surface area contributed by atoms with E-state index in [4.69, 9.17) is 20.6 Å². The zero-order valence-electron chi connectivity index (χ0n) is 16.4. The Morgan fingerprint density at radius 1 is 1.07 bits per heavy atom. The summed E-state index contributed by atoms with van der Waals surface area (Å²) in [4.78, 5) is 21.2. The second kappa shape index (κ2) is 8.34. The lowest BCUT2D eigenvalue weighted by Gasteiger charge is -2.34. The molecule has 0 N–H and O–H groups in total. The first-order valence-corrected chi connectivity index (χ1v) is 9.88. The molecule has 9 heteroatoms. The van der Waals surface area contributed by atoms with Crippen LogP contribution in [0.2, 0.25) is 5.02 Å². The normalized spacial score (nSPS) is 15.1. The summed E-state index contributed by atoms with van der Waals surface area (Å²) in [5.74, 6) is 1.92. The summed E-state index contributed by atoms with van der Waals surface area (Å²) in [5, 5.41) is 8.63. The van der Waals surface area contributed by atoms with Gasteiger partial charge in [-0.25, -0.2) is 0 Å². The number of nitrogens with zero attached hydrogens (tertiary/aromatic N) is 5. The van der Waals surface area contributed by atoms with Crippen LogP contribution in [0.3, 0.4) is 0 Å². The standard InChI is InChI=1S/C20H22ClN5O3/c1-13-17(14(2)28-23-13)11-19(27)26-9-7-25(8-10-26)12-18-22-20(24-29-18)15-3-5-16(21)6-4-15/h3-6H,7-12H2,1-2H3. The van der Waals surface area contributed by atoms with Crippen molar-refractivity contribution in [1.29, 1.82) is 0 Å². The number of aromatic nitrogens is 3. The number of carbonyl (C=O) groups excluding carboxylic acids is 1. The van der Waals surface area contributed by atoms with Crippen molar-refractivity contribution in [3.63, 3.8) is 0 Å². The van der Waals surface area contributed by atoms with Crippen molar-refractivity contribution in [3.8, 4) is 11.4 Å². The highest BCUT2D eigenvalue weighted by atomic mass is 35.5. The number of carbonyl (C=O) groups is 1. The van der Waals surface area contributed by atoms with Gasteiger partial charge in [-0.15, -0.1) is 0 Å². The lowest BCUT2D eigenvalue weighted by atomic mass is 10.1. The maximum atomic E-state index is 12.6. The first kappa shape index (κ1) is 19.6. The summed E-state index contributed by atoms with van der Waals surface area (Å²) in [6.07, 6.45) is 0.329. The fourth-order valence-electron chi connectivity index (χ4n) is 3.40. The Bertz CT molecular complexity index is 970. The predicted molar refractivity (Wildman–Crippen MR) is 106 cm³/mol. The summed E-state index contributed by atoms with van der Waals surface area (Å²) in [5.41, 5.74) is 2.53. The van der Waals surface area contributed by atoms with Crippen molar-refractivity contribution in [2.45, 2.75) is 26.8 Å². The molecule has 3 aromatic rings. The van der Waals surface area contributed by atoms with Crippen LogP contribution in [-0.4, -0.2) is 57.2 Å². The molecular formula is C20H22ClN5O3. The molecule has 1 aromatic carbocycles. The molecule has 0 spiro atoms. The minimum Gasteiger partial charge on any atom is -0.361 e. The lowest BCUT2D eigenvalue weighted by molar-refractivity contribution is -0.132. The van der Waals surface area contributed by atoms with E-state index < -0.39 is 0 Å². The molecule has 4 rings (SSSR count). The third-order valence-corrected chi connectivity index (χ3v) is 5.42. The molecule has 0 bridgehead atoms. The molecule has 0 atom stereocenters. The monoisotopic (exact) mass is 415 g/mol. The molecule has 1 amide bonds. The van der Waals surface area contributed by atoms with Gasteiger partial charge in [-0.1, -0.05) is 21.9 Å². The van der Waals surface area contributed by atoms with E-state index in [-0.39, 0.29) is 5.91 Å². The molecule has 1 saturated heterocycles. The molecule has 1 fully saturated rings. The van der Waals surface area contributed by atoms with Crippen LogP contribution in [0.4, 0.5) is 0 Å². The quantitative estimate of drug-likeness (QED) is 0.633. The molecule has 2 aromatic heterocycles. The van der Waals surface area contributed by atoms with Gasteiger partial charge in [0.15, 0.2) is 0 Å². The molecule has 0 aliphatic carbocycles. The van der Waals surface area contributed by atoms with Crippen LogP contribution in [0.25, 0.3) is 11.4 Å². The molecule has 8 nitrogen and oxygen atoms in total. The molecular weight excluding hydrogens is 394 g/mol. The summed E-state index contributed by atoms with van der Waals surface area (Å²) in [6, 6.07) is 7.32. The largest absolute Gasteiger partial charge is 0.361 e. The number of hydrogen-bond donors (Lipinski definition) is 0. The smallest absolute Gasteiger partial charge is 0.241 e. The second-order valence-corrected chi connectivity index (χ2v) is 7.59. The van der Waals surface area contributed by atoms with Crippen LogP contribution in [-0.2, 0) is 17.8 Å². The minimum absolute atomic E-state index is 0.0989. The van der Waals surface area contributed by atoms with E-state index in [0.29, 0.717) is 48.6 Å². The molecule has 0 saturated carbocycles. The van der Waals surface area contributed by atoms with Crippen LogP contribution in [0.1, 0.15) is 22.9 Å². The SMILES string of the molecule is Cc1noc(C)c1CC(=O)N1CCN(Cc2nc(-c3ccc(Cl)cc3)no2)CC1. The van der Waals surface area contributed by atoms with Crippen molar-refractivity contribution >= 4 is 17.5 Å². The molecule has 152 valence electrons. The average molecular weight is 416 g/mol. The van der Waals surface area contributed by atoms with Crippen molar-refractivity contribution < 1.29 is 13.8 Å². The number of halogens is 1. The van der Waals surface area contributed by atoms with Crippen molar-refractivity contribution in [1.82, 2.24) is 25.1 Å². The number of benzene rings is 1. The molecule has 0 unspecified atom stereocenters. The third-order valence-electron chi connectivity index (χ3n) is 5.16. The van der Waals surface area contributed by atoms with Gasteiger partial charge in [0.25, 0.3) is 0 Å². The number of hydrogen-bond acceptors (Lipinski definition) is 7. The molecule has 1 aliphatic rings. The van der Waals surface area contributed by atoms with Gasteiger partial charge in [-0.2, -0.15) is 4.98 Å². The average Bonchev–Trinajstić information content (AvgIpc) is 3.31. The van der Waals surface area contributed by atoms with Gasteiger partial charge >= 0.3 is 0 Å². The van der Waals surface area contributed by atoms with Crippen LogP contribution in [0.15, 0.2) is 33.3 Å². The summed E-state index contributed by atoms with van der Waals surface area (Å²) < 4.78 is 10.5. The first-order chi connectivity index (χ1) is 14.0. The van der Waals surface area contributed by atoms with Crippen molar-refractivity contribution in [2.75, 3.05) is 26.2 Å². The van der Waals surface area contributed by atoms with Crippen LogP contribution >= 0.6 is 11.6 Å². The number of aryl methyl sites for hydroxylation is 2. The minimum atomic E-state index is 0.0989. The molecule has 29 heavy (non-hydrogen) atoms. The number of rotatable bonds is 5. The van der Waals surface area contributed by atoms with Crippen LogP contribution in [0, 0.1) is 13.8 Å². The van der Waals surface area contributed by atoms with Gasteiger partial charge in [-0.3, -0.25) is 9.69 Å². The number of piperazine rings is 1. The van der Waals surface area contributed by atoms with E-state index in [9.17, 15) is 4.79 Å². The third kappa shape index (κ3) is 4.49. The predicted octanol–water partition coefficient (Wildman–Crippen LogP) is 2.88. The van der Waals surface area contributed by atoms with Gasteiger partial charge in [0, 0.05) is 42.3 Å². The molecule has 3 heterocycles. The molecule has 0 radical (unpaired) electrons. The fraction of sp³-hybridized carbons (Fsp3) is 0.400. The van der Waals surface area contributed by atoms with Gasteiger partial charge in [0.2, 0.25) is 17.6 Å². The van der Waals surface area contributed by atoms with E-state index in [1.165, 1.54) is 0 Å². The highest BCUT2D eigenvalue weighted by molar-refractivity contribution is 6.30. The highest BCUT2D eigenvalue weighted by Crippen LogP contribution is 2.20. The van der Waals surface area contributed by atoms with Gasteiger partial charge in [0.1, 0.15) is 5.76 Å². The van der Waals surface area contributed by atoms with Crippen molar-refractivity contribution in [3.05, 3.63) is 52.2 Å². The zero-order valence-corrected chi connectivity index (χ0v) is 17.1. The maximum Gasteiger partial charge on any atom is 0.241 e. The van der Waals surface area contributed by atoms with E-state index in [0.717, 1.165) is 29.9 Å². The van der Waals surface area contributed by atoms with Gasteiger partial charge in [0.05, 0.1) is 18.7 Å². The Balaban J connectivity index is 1.30. The maximum absolute atomic E-state index is 12.6. The van der Waals surface area contributed by atoms with Crippen LogP contribution in [0.5, 0.6) is 0 Å². The Labute approximate surface area is 173 Å². The Morgan fingerprint density at radius 3 is 2.45 bits per heavy atom. The summed E-state index contributed by atoms with van der Waals surface area (Å²) in [6.45, 7) is 7.11. The lowest BCUT2D eigenvalue weighted by Crippen LogP contribution is -2.48. The Hall–Kier alpha value is -2.71. The topological polar surface area (TPSA) is 88.5 Å². The van der Waals surface area contributed by atoms with Gasteiger partial charge < -0.3 is 13.9 Å². The van der Waals surface area contributed by atoms with E-state index in [1.807, 2.05) is 30.9 Å². The van der Waals surface area contributed by atoms with Crippen LogP contribution < -0.4 is 0 Å². The summed E-state index contributed by atoms with van der Waals surface area (Å²) in [7, 11) is 0. The molecule has 1 aliphatic heterocycles. The number of amides is 1. The zero-order chi connectivity index (χ0) is 20.4. The Morgan fingerprint density at radius 2 is 1.79 bits per heavy atom. The highest BCUT2D eigenvalue weighted by Gasteiger charge is 2.24.